The second kappa shape index (κ2) is 54.7. The first-order chi connectivity index (χ1) is 68.8. The van der Waals surface area contributed by atoms with E-state index in [1.807, 2.05) is 0 Å². The van der Waals surface area contributed by atoms with E-state index in [1.165, 1.54) is 443 Å². The Hall–Kier alpha value is -10.2. The van der Waals surface area contributed by atoms with Gasteiger partial charge in [-0.05, 0) is 251 Å². The van der Waals surface area contributed by atoms with E-state index < -0.39 is 0 Å². The summed E-state index contributed by atoms with van der Waals surface area (Å²) in [5.74, 6) is 0. The molecule has 0 saturated heterocycles. The zero-order chi connectivity index (χ0) is 95.8. The molecule has 12 aromatic rings. The van der Waals surface area contributed by atoms with Gasteiger partial charge in [0.25, 0.3) is 0 Å². The van der Waals surface area contributed by atoms with E-state index in [1.54, 1.807) is 0 Å². The van der Waals surface area contributed by atoms with E-state index in [9.17, 15) is 0 Å². The van der Waals surface area contributed by atoms with Crippen LogP contribution in [-0.2, 0) is 16.2 Å². The summed E-state index contributed by atoms with van der Waals surface area (Å²) in [4.78, 5) is 10.5. The summed E-state index contributed by atoms with van der Waals surface area (Å²) in [6.07, 6.45) is 69.4. The normalized spacial score (nSPS) is 13.3. The van der Waals surface area contributed by atoms with Crippen LogP contribution in [0.4, 0.5) is 68.2 Å². The first kappa shape index (κ1) is 103. The monoisotopic (exact) mass is 1850 g/mol. The zero-order valence-corrected chi connectivity index (χ0v) is 87.2. The number of hydrogen-bond donors (Lipinski definition) is 0. The maximum Gasteiger partial charge on any atom is 0.0465 e. The Morgan fingerprint density at radius 2 is 0.252 bits per heavy atom. The molecule has 139 heavy (non-hydrogen) atoms. The molecule has 0 N–H and O–H groups in total. The minimum atomic E-state index is -0.247. The van der Waals surface area contributed by atoms with Crippen LogP contribution in [0.1, 0.15) is 422 Å². The van der Waals surface area contributed by atoms with E-state index in [2.05, 4.69) is 352 Å². The maximum absolute atomic E-state index is 2.78. The lowest BCUT2D eigenvalue weighted by atomic mass is 9.70. The predicted molar refractivity (Wildman–Crippen MR) is 607 cm³/mol. The van der Waals surface area contributed by atoms with Crippen molar-refractivity contribution in [1.82, 2.24) is 0 Å². The summed E-state index contributed by atoms with van der Waals surface area (Å²) in [5, 5.41) is 0. The van der Waals surface area contributed by atoms with Crippen molar-refractivity contribution in [3.8, 4) is 33.4 Å². The fraction of sp³-hybridized carbons (Fsp3) is 0.467. The smallest absolute Gasteiger partial charge is 0.0465 e. The van der Waals surface area contributed by atoms with Crippen LogP contribution in [0, 0.1) is 0 Å². The average Bonchev–Trinajstić information content (AvgIpc) is 1.42. The molecule has 0 atom stereocenters. The molecule has 0 saturated carbocycles. The molecule has 0 bridgehead atoms. The lowest BCUT2D eigenvalue weighted by Crippen LogP contribution is -2.27. The largest absolute Gasteiger partial charge is 0.310 e. The van der Waals surface area contributed by atoms with E-state index in [0.717, 1.165) is 38.5 Å². The number of para-hydroxylation sites is 6. The number of rotatable bonds is 66. The van der Waals surface area contributed by atoms with Gasteiger partial charge in [0, 0.05) is 84.5 Å². The standard InChI is InChI=1S/C135H174N4/c1-7-13-19-25-31-37-43-67-97-133(98-68-44-38-32-26-20-14-8-2)127-103-115(136(109-73-55-49-56-74-109)110-75-57-50-58-76-110)85-91-121(127)123-93-87-117(105-129(123)133)138(113-81-63-53-64-82-113)119-89-95-125-126-96-90-120(108-132(126)135(131(125)107-119,101-71-47-41-35-29-23-17-11-5)102-72-48-42-36-30-24-18-12-6)139(114-83-65-54-66-84-114)118-88-94-124-122-92-86-116(137(111-77-59-51-60-78-111)112-79-61-52-62-80-112)104-128(122)134(130(124)106-118,99-69-45-39-33-27-21-15-9-3)100-70-46-40-34-28-22-16-10-4/h49-66,73-96,103-108H,7-48,67-72,97-102H2,1-6H3. The third-order valence-corrected chi connectivity index (χ3v) is 32.4. The molecule has 0 unspecified atom stereocenters. The van der Waals surface area contributed by atoms with E-state index in [4.69, 9.17) is 0 Å². The molecule has 0 amide bonds. The third kappa shape index (κ3) is 26.2. The van der Waals surface area contributed by atoms with Gasteiger partial charge in [0.2, 0.25) is 0 Å². The van der Waals surface area contributed by atoms with Gasteiger partial charge in [-0.1, -0.05) is 495 Å². The maximum atomic E-state index is 2.78. The Balaban J connectivity index is 0.878. The molecule has 4 heteroatoms. The first-order valence-electron chi connectivity index (χ1n) is 57.2. The van der Waals surface area contributed by atoms with Crippen LogP contribution < -0.4 is 19.6 Å². The second-order valence-electron chi connectivity index (χ2n) is 42.3. The van der Waals surface area contributed by atoms with Crippen molar-refractivity contribution in [3.63, 3.8) is 0 Å². The van der Waals surface area contributed by atoms with Crippen molar-refractivity contribution in [2.75, 3.05) is 19.6 Å². The minimum Gasteiger partial charge on any atom is -0.310 e. The predicted octanol–water partition coefficient (Wildman–Crippen LogP) is 43.6. The van der Waals surface area contributed by atoms with Crippen molar-refractivity contribution in [1.29, 1.82) is 0 Å². The molecule has 734 valence electrons. The molecule has 0 aromatic heterocycles. The van der Waals surface area contributed by atoms with Crippen molar-refractivity contribution in [2.24, 2.45) is 0 Å². The lowest BCUT2D eigenvalue weighted by Gasteiger charge is -2.36. The van der Waals surface area contributed by atoms with Gasteiger partial charge in [0.15, 0.2) is 0 Å². The molecule has 0 aliphatic heterocycles. The van der Waals surface area contributed by atoms with Crippen molar-refractivity contribution < 1.29 is 0 Å². The van der Waals surface area contributed by atoms with Crippen LogP contribution in [0.2, 0.25) is 0 Å². The fourth-order valence-corrected chi connectivity index (χ4v) is 24.9. The Bertz CT molecular complexity index is 5090. The summed E-state index contributed by atoms with van der Waals surface area (Å²) in [6, 6.07) is 115. The zero-order valence-electron chi connectivity index (χ0n) is 87.2. The summed E-state index contributed by atoms with van der Waals surface area (Å²) in [5.41, 5.74) is 31.8. The van der Waals surface area contributed by atoms with Crippen LogP contribution in [0.5, 0.6) is 0 Å². The topological polar surface area (TPSA) is 13.0 Å². The number of fused-ring (bicyclic) bond motifs is 9. The van der Waals surface area contributed by atoms with Crippen LogP contribution >= 0.6 is 0 Å². The Morgan fingerprint density at radius 3 is 0.388 bits per heavy atom. The quantitative estimate of drug-likeness (QED) is 0.0352. The van der Waals surface area contributed by atoms with Crippen LogP contribution in [0.3, 0.4) is 0 Å². The van der Waals surface area contributed by atoms with E-state index in [-0.39, 0.29) is 16.2 Å². The highest BCUT2D eigenvalue weighted by molar-refractivity contribution is 5.94. The van der Waals surface area contributed by atoms with Crippen molar-refractivity contribution in [3.05, 3.63) is 325 Å². The molecular weight excluding hydrogens is 1680 g/mol. The molecule has 0 spiro atoms. The Kier molecular flexibility index (Phi) is 40.6. The lowest BCUT2D eigenvalue weighted by molar-refractivity contribution is 0.397. The van der Waals surface area contributed by atoms with Crippen LogP contribution in [0.25, 0.3) is 33.4 Å². The van der Waals surface area contributed by atoms with Gasteiger partial charge in [-0.25, -0.2) is 0 Å². The van der Waals surface area contributed by atoms with Crippen LogP contribution in [-0.4, -0.2) is 0 Å². The van der Waals surface area contributed by atoms with Gasteiger partial charge in [0.1, 0.15) is 0 Å². The van der Waals surface area contributed by atoms with Gasteiger partial charge in [-0.15, -0.1) is 0 Å². The molecule has 0 heterocycles. The molecular formula is C135H174N4. The fourth-order valence-electron chi connectivity index (χ4n) is 24.9. The summed E-state index contributed by atoms with van der Waals surface area (Å²) < 4.78 is 0. The molecule has 12 aromatic carbocycles. The highest BCUT2D eigenvalue weighted by atomic mass is 15.2. The molecule has 3 aliphatic rings. The van der Waals surface area contributed by atoms with Gasteiger partial charge < -0.3 is 19.6 Å². The first-order valence-corrected chi connectivity index (χ1v) is 57.2. The summed E-state index contributed by atoms with van der Waals surface area (Å²) >= 11 is 0. The van der Waals surface area contributed by atoms with Gasteiger partial charge in [-0.2, -0.15) is 0 Å². The van der Waals surface area contributed by atoms with E-state index >= 15 is 0 Å². The number of hydrogen-bond acceptors (Lipinski definition) is 4. The summed E-state index contributed by atoms with van der Waals surface area (Å²) in [6.45, 7) is 14.1. The van der Waals surface area contributed by atoms with Gasteiger partial charge >= 0.3 is 0 Å². The van der Waals surface area contributed by atoms with Crippen molar-refractivity contribution >= 4 is 68.2 Å². The van der Waals surface area contributed by atoms with Gasteiger partial charge in [0.05, 0.1) is 0 Å². The third-order valence-electron chi connectivity index (χ3n) is 32.4. The average molecular weight is 1850 g/mol. The second-order valence-corrected chi connectivity index (χ2v) is 42.3. The SMILES string of the molecule is CCCCCCCCCCC1(CCCCCCCCCC)c2cc(N(c3ccccc3)c3ccccc3)ccc2-c2ccc(N(c3ccccc3)c3ccc4c(c3)C(CCCCCCCCCC)(CCCCCCCCCC)c3cc(N(c5ccccc5)c5ccc6c(c5)C(CCCCCCCCCC)(CCCCCCCCCC)c5cc(N(c7ccccc7)c7ccccc7)ccc5-6)ccc3-4)cc21. The highest BCUT2D eigenvalue weighted by Gasteiger charge is 2.48. The van der Waals surface area contributed by atoms with E-state index in [0.29, 0.717) is 0 Å². The number of anilines is 12. The minimum absolute atomic E-state index is 0.194. The molecule has 0 radical (unpaired) electrons. The van der Waals surface area contributed by atoms with Gasteiger partial charge in [-0.3, -0.25) is 0 Å². The molecule has 3 aliphatic carbocycles. The molecule has 15 rings (SSSR count). The number of nitrogens with zero attached hydrogens (tertiary/aromatic N) is 4. The highest BCUT2D eigenvalue weighted by Crippen LogP contribution is 2.62. The Morgan fingerprint density at radius 1 is 0.129 bits per heavy atom. The van der Waals surface area contributed by atoms with Crippen LogP contribution in [0.15, 0.2) is 291 Å². The number of unbranched alkanes of at least 4 members (excludes halogenated alkanes) is 42. The Labute approximate surface area is 844 Å². The molecule has 4 nitrogen and oxygen atoms in total. The van der Waals surface area contributed by atoms with Crippen molar-refractivity contribution in [2.45, 2.75) is 405 Å². The molecule has 0 fully saturated rings. The summed E-state index contributed by atoms with van der Waals surface area (Å²) in [7, 11) is 0. The number of benzene rings is 12.